The van der Waals surface area contributed by atoms with Crippen molar-refractivity contribution in [3.8, 4) is 0 Å². The number of rotatable bonds is 3. The van der Waals surface area contributed by atoms with Crippen molar-refractivity contribution < 1.29 is 24.2 Å². The molecule has 0 saturated carbocycles. The molecule has 0 atom stereocenters. The van der Waals surface area contributed by atoms with Crippen LogP contribution in [-0.4, -0.2) is 45.1 Å². The van der Waals surface area contributed by atoms with Crippen molar-refractivity contribution in [2.24, 2.45) is 0 Å². The molecule has 0 aromatic carbocycles. The molecule has 0 bridgehead atoms. The van der Waals surface area contributed by atoms with Gasteiger partial charge in [-0.25, -0.2) is 14.6 Å². The van der Waals surface area contributed by atoms with E-state index in [1.165, 1.54) is 6.20 Å². The Morgan fingerprint density at radius 1 is 1.08 bits per heavy atom. The summed E-state index contributed by atoms with van der Waals surface area (Å²) >= 11 is 0. The molecule has 0 aliphatic heterocycles. The quantitative estimate of drug-likeness (QED) is 0.891. The minimum atomic E-state index is -0.903. The summed E-state index contributed by atoms with van der Waals surface area (Å²) in [7, 11) is 0. The Bertz CT molecular complexity index is 604. The highest BCUT2D eigenvalue weighted by Gasteiger charge is 2.35. The van der Waals surface area contributed by atoms with E-state index >= 15 is 0 Å². The van der Waals surface area contributed by atoms with Crippen molar-refractivity contribution in [1.82, 2.24) is 9.97 Å². The van der Waals surface area contributed by atoms with Crippen LogP contribution in [0.25, 0.3) is 0 Å². The lowest BCUT2D eigenvalue weighted by molar-refractivity contribution is 0.0428. The van der Waals surface area contributed by atoms with Crippen LogP contribution in [-0.2, 0) is 15.9 Å². The van der Waals surface area contributed by atoms with Crippen LogP contribution in [0, 0.1) is 6.92 Å². The van der Waals surface area contributed by atoms with Gasteiger partial charge in [-0.1, -0.05) is 0 Å². The van der Waals surface area contributed by atoms with Gasteiger partial charge < -0.3 is 14.6 Å². The topological polar surface area (TPSA) is 102 Å². The van der Waals surface area contributed by atoms with Gasteiger partial charge in [0.05, 0.1) is 11.4 Å². The van der Waals surface area contributed by atoms with E-state index in [1.54, 1.807) is 48.5 Å². The number of carbonyl (C=O) groups excluding carboxylic acids is 2. The predicted molar refractivity (Wildman–Crippen MR) is 92.5 cm³/mol. The Kier molecular flexibility index (Phi) is 6.48. The van der Waals surface area contributed by atoms with Gasteiger partial charge in [-0.05, 0) is 48.5 Å². The highest BCUT2D eigenvalue weighted by molar-refractivity contribution is 6.09. The van der Waals surface area contributed by atoms with E-state index in [4.69, 9.17) is 14.6 Å². The number of hydrogen-bond donors (Lipinski definition) is 1. The third-order valence-corrected chi connectivity index (χ3v) is 2.71. The highest BCUT2D eigenvalue weighted by Crippen LogP contribution is 2.22. The van der Waals surface area contributed by atoms with Gasteiger partial charge in [0.25, 0.3) is 0 Å². The van der Waals surface area contributed by atoms with Crippen LogP contribution >= 0.6 is 0 Å². The molecule has 0 aliphatic carbocycles. The number of aliphatic hydroxyl groups excluding tert-OH is 1. The van der Waals surface area contributed by atoms with E-state index in [2.05, 4.69) is 9.97 Å². The van der Waals surface area contributed by atoms with E-state index in [0.717, 1.165) is 4.90 Å². The maximum atomic E-state index is 12.6. The lowest BCUT2D eigenvalue weighted by Crippen LogP contribution is -2.44. The van der Waals surface area contributed by atoms with Crippen molar-refractivity contribution in [1.29, 1.82) is 0 Å². The molecule has 0 saturated heterocycles. The number of imide groups is 1. The molecule has 0 radical (unpaired) electrons. The summed E-state index contributed by atoms with van der Waals surface area (Å²) in [5, 5.41) is 9.08. The third kappa shape index (κ3) is 6.66. The average Bonchev–Trinajstić information content (AvgIpc) is 2.38. The zero-order valence-corrected chi connectivity index (χ0v) is 15.9. The molecule has 8 nitrogen and oxygen atoms in total. The predicted octanol–water partition coefficient (Wildman–Crippen LogP) is 3.00. The number of anilines is 1. The molecule has 8 heteroatoms. The second-order valence-corrected chi connectivity index (χ2v) is 7.54. The van der Waals surface area contributed by atoms with Gasteiger partial charge in [0.2, 0.25) is 0 Å². The van der Waals surface area contributed by atoms with E-state index in [1.807, 2.05) is 0 Å². The van der Waals surface area contributed by atoms with Crippen LogP contribution in [0.2, 0.25) is 0 Å². The Morgan fingerprint density at radius 2 is 1.56 bits per heavy atom. The number of amides is 2. The van der Waals surface area contributed by atoms with E-state index in [0.29, 0.717) is 11.4 Å². The van der Waals surface area contributed by atoms with Crippen molar-refractivity contribution in [2.75, 3.05) is 11.5 Å². The van der Waals surface area contributed by atoms with Crippen LogP contribution in [0.15, 0.2) is 6.20 Å². The zero-order valence-electron chi connectivity index (χ0n) is 15.9. The number of aryl methyl sites for hydroxylation is 1. The summed E-state index contributed by atoms with van der Waals surface area (Å²) < 4.78 is 10.6. The molecule has 2 amide bonds. The first kappa shape index (κ1) is 20.8. The summed E-state index contributed by atoms with van der Waals surface area (Å²) in [5.41, 5.74) is -0.804. The molecule has 0 aliphatic rings. The van der Waals surface area contributed by atoms with Gasteiger partial charge in [0, 0.05) is 19.2 Å². The van der Waals surface area contributed by atoms with Crippen molar-refractivity contribution in [2.45, 2.75) is 66.1 Å². The van der Waals surface area contributed by atoms with Crippen LogP contribution in [0.5, 0.6) is 0 Å². The van der Waals surface area contributed by atoms with Crippen molar-refractivity contribution in [3.05, 3.63) is 17.6 Å². The highest BCUT2D eigenvalue weighted by atomic mass is 16.6. The van der Waals surface area contributed by atoms with Crippen LogP contribution < -0.4 is 4.90 Å². The zero-order chi connectivity index (χ0) is 19.4. The molecule has 0 spiro atoms. The standard InChI is InChI=1S/C17H27N3O5/c1-11-13(19-12(8-9-21)10-18-11)20(14(22)24-16(2,3)4)15(23)25-17(5,6)7/h10,21H,8-9H2,1-7H3. The smallest absolute Gasteiger partial charge is 0.425 e. The molecule has 140 valence electrons. The van der Waals surface area contributed by atoms with Crippen LogP contribution in [0.4, 0.5) is 15.4 Å². The fourth-order valence-electron chi connectivity index (χ4n) is 1.78. The number of carbonyl (C=O) groups is 2. The molecule has 0 fully saturated rings. The van der Waals surface area contributed by atoms with E-state index in [9.17, 15) is 9.59 Å². The second kappa shape index (κ2) is 7.77. The third-order valence-electron chi connectivity index (χ3n) is 2.71. The number of aliphatic hydroxyl groups is 1. The Labute approximate surface area is 148 Å². The monoisotopic (exact) mass is 353 g/mol. The maximum Gasteiger partial charge on any atom is 0.425 e. The van der Waals surface area contributed by atoms with Gasteiger partial charge in [-0.2, -0.15) is 4.90 Å². The normalized spacial score (nSPS) is 11.8. The number of ether oxygens (including phenoxy) is 2. The summed E-state index contributed by atoms with van der Waals surface area (Å²) in [4.78, 5) is 34.3. The first-order valence-electron chi connectivity index (χ1n) is 8.03. The Balaban J connectivity index is 3.33. The van der Waals surface area contributed by atoms with Gasteiger partial charge in [-0.15, -0.1) is 0 Å². The minimum Gasteiger partial charge on any atom is -0.443 e. The van der Waals surface area contributed by atoms with Crippen LogP contribution in [0.3, 0.4) is 0 Å². The number of aromatic nitrogens is 2. The largest absolute Gasteiger partial charge is 0.443 e. The molecular weight excluding hydrogens is 326 g/mol. The van der Waals surface area contributed by atoms with Crippen LogP contribution in [0.1, 0.15) is 52.9 Å². The van der Waals surface area contributed by atoms with E-state index in [-0.39, 0.29) is 18.8 Å². The fraction of sp³-hybridized carbons (Fsp3) is 0.647. The van der Waals surface area contributed by atoms with Gasteiger partial charge >= 0.3 is 12.2 Å². The molecule has 1 aromatic heterocycles. The van der Waals surface area contributed by atoms with Gasteiger partial charge in [0.15, 0.2) is 5.82 Å². The SMILES string of the molecule is Cc1ncc(CCO)nc1N(C(=O)OC(C)(C)C)C(=O)OC(C)(C)C. The Morgan fingerprint density at radius 3 is 1.96 bits per heavy atom. The molecule has 0 unspecified atom stereocenters. The maximum absolute atomic E-state index is 12.6. The van der Waals surface area contributed by atoms with Gasteiger partial charge in [-0.3, -0.25) is 4.98 Å². The molecule has 1 aromatic rings. The molecule has 25 heavy (non-hydrogen) atoms. The summed E-state index contributed by atoms with van der Waals surface area (Å²) in [5.74, 6) is 0.0226. The summed E-state index contributed by atoms with van der Waals surface area (Å²) in [6.45, 7) is 11.6. The number of nitrogens with zero attached hydrogens (tertiary/aromatic N) is 3. The molecule has 1 heterocycles. The average molecular weight is 353 g/mol. The molecule has 1 N–H and O–H groups in total. The van der Waals surface area contributed by atoms with E-state index < -0.39 is 23.4 Å². The minimum absolute atomic E-state index is 0.0226. The summed E-state index contributed by atoms with van der Waals surface area (Å²) in [6, 6.07) is 0. The van der Waals surface area contributed by atoms with Crippen molar-refractivity contribution in [3.63, 3.8) is 0 Å². The molecule has 1 rings (SSSR count). The first-order chi connectivity index (χ1) is 11.3. The Hall–Kier alpha value is -2.22. The lowest BCUT2D eigenvalue weighted by Gasteiger charge is -2.28. The van der Waals surface area contributed by atoms with Gasteiger partial charge in [0.1, 0.15) is 11.2 Å². The van der Waals surface area contributed by atoms with Crippen molar-refractivity contribution >= 4 is 18.0 Å². The summed E-state index contributed by atoms with van der Waals surface area (Å²) in [6.07, 6.45) is -0.0747. The number of hydrogen-bond acceptors (Lipinski definition) is 7. The first-order valence-corrected chi connectivity index (χ1v) is 8.03. The fourth-order valence-corrected chi connectivity index (χ4v) is 1.78. The second-order valence-electron chi connectivity index (χ2n) is 7.54. The lowest BCUT2D eigenvalue weighted by atomic mass is 10.2. The molecular formula is C17H27N3O5.